The number of nitrogens with zero attached hydrogens (tertiary/aromatic N) is 4. The number of aromatic nitrogens is 3. The molecule has 1 fully saturated rings. The minimum Gasteiger partial charge on any atom is -0.495 e. The number of methoxy groups -OCH3 is 1. The lowest BCUT2D eigenvalue weighted by Crippen LogP contribution is -2.30. The second-order valence-corrected chi connectivity index (χ2v) is 9.16. The molecule has 2 heterocycles. The Balaban J connectivity index is 1.54. The highest BCUT2D eigenvalue weighted by Gasteiger charge is 2.23. The maximum Gasteiger partial charge on any atom is 0.237 e. The fourth-order valence-electron chi connectivity index (χ4n) is 3.83. The molecule has 1 saturated heterocycles. The van der Waals surface area contributed by atoms with E-state index in [2.05, 4.69) is 25.0 Å². The fraction of sp³-hybridized carbons (Fsp3) is 0.375. The van der Waals surface area contributed by atoms with Crippen molar-refractivity contribution >= 4 is 23.4 Å². The number of likely N-dealkylation sites (tertiary alicyclic amines) is 1. The van der Waals surface area contributed by atoms with Gasteiger partial charge in [-0.2, -0.15) is 0 Å². The van der Waals surface area contributed by atoms with E-state index in [0.29, 0.717) is 16.6 Å². The lowest BCUT2D eigenvalue weighted by Gasteiger charge is -2.26. The van der Waals surface area contributed by atoms with Crippen LogP contribution < -0.4 is 10.1 Å². The molecule has 2 aromatic carbocycles. The van der Waals surface area contributed by atoms with Crippen LogP contribution in [0.15, 0.2) is 59.8 Å². The average Bonchev–Trinajstić information content (AvgIpc) is 3.22. The summed E-state index contributed by atoms with van der Waals surface area (Å²) >= 11 is 1.41. The number of hydrogen-bond donors (Lipinski definition) is 1. The zero-order chi connectivity index (χ0) is 22.3. The molecule has 0 bridgehead atoms. The summed E-state index contributed by atoms with van der Waals surface area (Å²) in [6, 6.07) is 17.5. The number of carbonyl (C=O) groups excluding carboxylic acids is 1. The Bertz CT molecular complexity index is 1030. The first-order valence-corrected chi connectivity index (χ1v) is 11.9. The van der Waals surface area contributed by atoms with E-state index in [9.17, 15) is 4.79 Å². The highest BCUT2D eigenvalue weighted by Crippen LogP contribution is 2.29. The summed E-state index contributed by atoms with van der Waals surface area (Å²) in [5, 5.41) is 12.3. The first-order chi connectivity index (χ1) is 15.7. The van der Waals surface area contributed by atoms with Gasteiger partial charge in [-0.15, -0.1) is 10.2 Å². The molecule has 1 aliphatic heterocycles. The molecule has 0 spiro atoms. The van der Waals surface area contributed by atoms with Gasteiger partial charge in [0.15, 0.2) is 11.0 Å². The predicted molar refractivity (Wildman–Crippen MR) is 127 cm³/mol. The van der Waals surface area contributed by atoms with Gasteiger partial charge in [0.25, 0.3) is 0 Å². The molecular weight excluding hydrogens is 422 g/mol. The van der Waals surface area contributed by atoms with Crippen LogP contribution in [0, 0.1) is 0 Å². The number of nitrogens with one attached hydrogen (secondary N) is 1. The second kappa shape index (κ2) is 10.7. The van der Waals surface area contributed by atoms with Gasteiger partial charge in [0.05, 0.1) is 24.6 Å². The Hall–Kier alpha value is -2.84. The molecule has 1 atom stereocenters. The molecule has 1 N–H and O–H groups in total. The molecule has 1 aliphatic rings. The number of thioether (sulfide) groups is 1. The molecule has 0 saturated carbocycles. The number of ether oxygens (including phenoxy) is 1. The number of rotatable bonds is 8. The minimum absolute atomic E-state index is 0.111. The van der Waals surface area contributed by atoms with E-state index in [-0.39, 0.29) is 11.2 Å². The van der Waals surface area contributed by atoms with Crippen molar-refractivity contribution in [2.45, 2.75) is 43.1 Å². The monoisotopic (exact) mass is 451 g/mol. The highest BCUT2D eigenvalue weighted by atomic mass is 32.2. The third kappa shape index (κ3) is 5.31. The number of carbonyl (C=O) groups is 1. The maximum absolute atomic E-state index is 12.9. The van der Waals surface area contributed by atoms with Crippen molar-refractivity contribution < 1.29 is 9.53 Å². The van der Waals surface area contributed by atoms with Gasteiger partial charge in [0.2, 0.25) is 5.91 Å². The van der Waals surface area contributed by atoms with Crippen LogP contribution in [0.5, 0.6) is 5.75 Å². The number of anilines is 1. The Morgan fingerprint density at radius 1 is 1.06 bits per heavy atom. The molecule has 3 aromatic rings. The summed E-state index contributed by atoms with van der Waals surface area (Å²) in [5.41, 5.74) is 1.66. The van der Waals surface area contributed by atoms with Gasteiger partial charge in [-0.25, -0.2) is 0 Å². The van der Waals surface area contributed by atoms with E-state index < -0.39 is 0 Å². The largest absolute Gasteiger partial charge is 0.495 e. The molecule has 0 radical (unpaired) electrons. The lowest BCUT2D eigenvalue weighted by atomic mass is 10.1. The van der Waals surface area contributed by atoms with E-state index >= 15 is 0 Å². The van der Waals surface area contributed by atoms with E-state index in [1.54, 1.807) is 7.11 Å². The van der Waals surface area contributed by atoms with Crippen LogP contribution in [0.1, 0.15) is 32.0 Å². The molecule has 0 aliphatic carbocycles. The van der Waals surface area contributed by atoms with Crippen LogP contribution in [-0.2, 0) is 11.3 Å². The topological polar surface area (TPSA) is 72.3 Å². The van der Waals surface area contributed by atoms with Crippen LogP contribution in [0.25, 0.3) is 5.69 Å². The van der Waals surface area contributed by atoms with E-state index in [4.69, 9.17) is 4.74 Å². The summed E-state index contributed by atoms with van der Waals surface area (Å²) in [7, 11) is 1.59. The van der Waals surface area contributed by atoms with Crippen LogP contribution in [0.2, 0.25) is 0 Å². The molecule has 8 heteroatoms. The zero-order valence-electron chi connectivity index (χ0n) is 18.5. The standard InChI is InChI=1S/C24H29N5O2S/c1-18(23(30)25-20-13-7-8-14-21(20)31-2)32-24-27-26-22(17-28-15-9-4-10-16-28)29(24)19-11-5-3-6-12-19/h3,5-8,11-14,18H,4,9-10,15-17H2,1-2H3,(H,25,30). The number of hydrogen-bond acceptors (Lipinski definition) is 6. The van der Waals surface area contributed by atoms with Crippen molar-refractivity contribution in [3.05, 3.63) is 60.4 Å². The van der Waals surface area contributed by atoms with Crippen molar-refractivity contribution in [3.8, 4) is 11.4 Å². The number of benzene rings is 2. The fourth-order valence-corrected chi connectivity index (χ4v) is 4.71. The number of piperidine rings is 1. The summed E-state index contributed by atoms with van der Waals surface area (Å²) in [5.74, 6) is 1.42. The lowest BCUT2D eigenvalue weighted by molar-refractivity contribution is -0.115. The second-order valence-electron chi connectivity index (χ2n) is 7.86. The van der Waals surface area contributed by atoms with Crippen LogP contribution in [-0.4, -0.2) is 51.0 Å². The minimum atomic E-state index is -0.366. The Morgan fingerprint density at radius 2 is 1.78 bits per heavy atom. The summed E-state index contributed by atoms with van der Waals surface area (Å²) in [6.45, 7) is 4.80. The van der Waals surface area contributed by atoms with Gasteiger partial charge < -0.3 is 10.1 Å². The summed E-state index contributed by atoms with van der Waals surface area (Å²) in [4.78, 5) is 15.3. The molecular formula is C24H29N5O2S. The smallest absolute Gasteiger partial charge is 0.237 e. The molecule has 1 unspecified atom stereocenters. The highest BCUT2D eigenvalue weighted by molar-refractivity contribution is 8.00. The quantitative estimate of drug-likeness (QED) is 0.513. The van der Waals surface area contributed by atoms with Crippen molar-refractivity contribution in [2.24, 2.45) is 0 Å². The van der Waals surface area contributed by atoms with E-state index in [1.165, 1.54) is 31.0 Å². The van der Waals surface area contributed by atoms with Crippen LogP contribution in [0.3, 0.4) is 0 Å². The van der Waals surface area contributed by atoms with Crippen LogP contribution in [0.4, 0.5) is 5.69 Å². The maximum atomic E-state index is 12.9. The summed E-state index contributed by atoms with van der Waals surface area (Å²) in [6.07, 6.45) is 3.74. The van der Waals surface area contributed by atoms with Crippen LogP contribution >= 0.6 is 11.8 Å². The van der Waals surface area contributed by atoms with Crippen molar-refractivity contribution in [2.75, 3.05) is 25.5 Å². The molecule has 1 aromatic heterocycles. The summed E-state index contributed by atoms with van der Waals surface area (Å²) < 4.78 is 7.42. The SMILES string of the molecule is COc1ccccc1NC(=O)C(C)Sc1nnc(CN2CCCCC2)n1-c1ccccc1. The van der Waals surface area contributed by atoms with Crippen molar-refractivity contribution in [1.82, 2.24) is 19.7 Å². The third-order valence-electron chi connectivity index (χ3n) is 5.54. The third-order valence-corrected chi connectivity index (χ3v) is 6.59. The normalized spacial score (nSPS) is 15.3. The molecule has 7 nitrogen and oxygen atoms in total. The van der Waals surface area contributed by atoms with Gasteiger partial charge in [-0.1, -0.05) is 48.5 Å². The molecule has 32 heavy (non-hydrogen) atoms. The number of para-hydroxylation sites is 3. The van der Waals surface area contributed by atoms with Gasteiger partial charge >= 0.3 is 0 Å². The van der Waals surface area contributed by atoms with Gasteiger partial charge in [0.1, 0.15) is 5.75 Å². The molecule has 4 rings (SSSR count). The first kappa shape index (κ1) is 22.4. The average molecular weight is 452 g/mol. The molecule has 1 amide bonds. The predicted octanol–water partition coefficient (Wildman–Crippen LogP) is 4.38. The first-order valence-electron chi connectivity index (χ1n) is 11.0. The Kier molecular flexibility index (Phi) is 7.44. The Labute approximate surface area is 193 Å². The Morgan fingerprint density at radius 3 is 2.53 bits per heavy atom. The van der Waals surface area contributed by atoms with Crippen molar-refractivity contribution in [3.63, 3.8) is 0 Å². The van der Waals surface area contributed by atoms with Gasteiger partial charge in [0, 0.05) is 5.69 Å². The van der Waals surface area contributed by atoms with Crippen molar-refractivity contribution in [1.29, 1.82) is 0 Å². The van der Waals surface area contributed by atoms with Gasteiger partial charge in [-0.05, 0) is 57.1 Å². The van der Waals surface area contributed by atoms with E-state index in [1.807, 2.05) is 61.5 Å². The zero-order valence-corrected chi connectivity index (χ0v) is 19.3. The van der Waals surface area contributed by atoms with Gasteiger partial charge in [-0.3, -0.25) is 14.3 Å². The number of amides is 1. The molecule has 168 valence electrons. The van der Waals surface area contributed by atoms with E-state index in [0.717, 1.165) is 31.1 Å².